The zero-order chi connectivity index (χ0) is 19.3. The molecule has 0 radical (unpaired) electrons. The molecule has 0 N–H and O–H groups in total. The molecule has 2 aromatic rings. The topological polar surface area (TPSA) is 79.6 Å². The number of hydrogen-bond acceptors (Lipinski definition) is 5. The van der Waals surface area contributed by atoms with Gasteiger partial charge in [0, 0.05) is 13.6 Å². The van der Waals surface area contributed by atoms with Gasteiger partial charge in [-0.15, -0.1) is 0 Å². The minimum atomic E-state index is -3.91. The standard InChI is InChI=1S/C17H16F2N2O4S/c1-21(26(22,23)16-6-4-3-5-13(16)10-20)11-12-7-8-14(25-17(18)19)15(9-12)24-2/h3-9,17H,11H2,1-2H3. The lowest BCUT2D eigenvalue weighted by Gasteiger charge is -2.19. The normalized spacial score (nSPS) is 11.4. The van der Waals surface area contributed by atoms with Crippen molar-refractivity contribution in [2.75, 3.05) is 14.2 Å². The number of nitriles is 1. The number of nitrogens with zero attached hydrogens (tertiary/aromatic N) is 2. The number of halogens is 2. The van der Waals surface area contributed by atoms with E-state index < -0.39 is 16.6 Å². The number of rotatable bonds is 7. The monoisotopic (exact) mass is 382 g/mol. The van der Waals surface area contributed by atoms with Crippen LogP contribution in [0.25, 0.3) is 0 Å². The molecule has 0 aliphatic rings. The molecule has 0 aliphatic heterocycles. The van der Waals surface area contributed by atoms with Gasteiger partial charge in [0.15, 0.2) is 11.5 Å². The smallest absolute Gasteiger partial charge is 0.387 e. The average molecular weight is 382 g/mol. The summed E-state index contributed by atoms with van der Waals surface area (Å²) in [6, 6.07) is 11.9. The fraction of sp³-hybridized carbons (Fsp3) is 0.235. The first-order valence-electron chi connectivity index (χ1n) is 7.36. The number of benzene rings is 2. The zero-order valence-corrected chi connectivity index (χ0v) is 14.8. The molecule has 0 aliphatic carbocycles. The van der Waals surface area contributed by atoms with E-state index in [2.05, 4.69) is 4.74 Å². The van der Waals surface area contributed by atoms with E-state index in [4.69, 9.17) is 10.00 Å². The van der Waals surface area contributed by atoms with Crippen molar-refractivity contribution >= 4 is 10.0 Å². The molecular weight excluding hydrogens is 366 g/mol. The quantitative estimate of drug-likeness (QED) is 0.736. The molecule has 0 saturated carbocycles. The van der Waals surface area contributed by atoms with E-state index >= 15 is 0 Å². The second-order valence-corrected chi connectivity index (χ2v) is 7.25. The van der Waals surface area contributed by atoms with E-state index in [-0.39, 0.29) is 28.5 Å². The minimum Gasteiger partial charge on any atom is -0.493 e. The molecule has 0 fully saturated rings. The lowest BCUT2D eigenvalue weighted by atomic mass is 10.2. The Bertz CT molecular complexity index is 927. The van der Waals surface area contributed by atoms with Gasteiger partial charge in [0.05, 0.1) is 17.6 Å². The van der Waals surface area contributed by atoms with Crippen molar-refractivity contribution in [2.24, 2.45) is 0 Å². The van der Waals surface area contributed by atoms with Gasteiger partial charge in [-0.25, -0.2) is 8.42 Å². The van der Waals surface area contributed by atoms with Crippen LogP contribution in [0.15, 0.2) is 47.4 Å². The summed E-state index contributed by atoms with van der Waals surface area (Å²) in [5.41, 5.74) is 0.543. The highest BCUT2D eigenvalue weighted by molar-refractivity contribution is 7.89. The highest BCUT2D eigenvalue weighted by Gasteiger charge is 2.24. The third-order valence-corrected chi connectivity index (χ3v) is 5.41. The molecule has 0 saturated heterocycles. The maximum atomic E-state index is 12.7. The zero-order valence-electron chi connectivity index (χ0n) is 14.0. The van der Waals surface area contributed by atoms with Gasteiger partial charge in [-0.2, -0.15) is 18.3 Å². The van der Waals surface area contributed by atoms with Crippen LogP contribution in [0.5, 0.6) is 11.5 Å². The summed E-state index contributed by atoms with van der Waals surface area (Å²) in [6.45, 7) is -3.05. The van der Waals surface area contributed by atoms with Crippen LogP contribution < -0.4 is 9.47 Å². The van der Waals surface area contributed by atoms with Gasteiger partial charge in [0.2, 0.25) is 10.0 Å². The van der Waals surface area contributed by atoms with Crippen LogP contribution in [0.3, 0.4) is 0 Å². The van der Waals surface area contributed by atoms with E-state index in [0.29, 0.717) is 5.56 Å². The first-order valence-corrected chi connectivity index (χ1v) is 8.80. The predicted molar refractivity (Wildman–Crippen MR) is 89.4 cm³/mol. The van der Waals surface area contributed by atoms with Crippen molar-refractivity contribution in [3.05, 3.63) is 53.6 Å². The Labute approximate surface area is 150 Å². The average Bonchev–Trinajstić information content (AvgIpc) is 2.62. The molecule has 0 heterocycles. The summed E-state index contributed by atoms with van der Waals surface area (Å²) in [4.78, 5) is -0.102. The fourth-order valence-corrected chi connectivity index (χ4v) is 3.59. The Morgan fingerprint density at radius 3 is 2.50 bits per heavy atom. The summed E-state index contributed by atoms with van der Waals surface area (Å²) in [7, 11) is -1.26. The molecule has 0 spiro atoms. The number of sulfonamides is 1. The Morgan fingerprint density at radius 1 is 1.19 bits per heavy atom. The van der Waals surface area contributed by atoms with Gasteiger partial charge in [-0.05, 0) is 29.8 Å². The maximum absolute atomic E-state index is 12.7. The van der Waals surface area contributed by atoms with E-state index in [0.717, 1.165) is 4.31 Å². The molecule has 0 atom stereocenters. The van der Waals surface area contributed by atoms with Crippen LogP contribution in [0, 0.1) is 11.3 Å². The van der Waals surface area contributed by atoms with Crippen molar-refractivity contribution in [3.63, 3.8) is 0 Å². The lowest BCUT2D eigenvalue weighted by molar-refractivity contribution is -0.0512. The SMILES string of the molecule is COc1cc(CN(C)S(=O)(=O)c2ccccc2C#N)ccc1OC(F)F. The Hall–Kier alpha value is -2.70. The summed E-state index contributed by atoms with van der Waals surface area (Å²) in [6.07, 6.45) is 0. The summed E-state index contributed by atoms with van der Waals surface area (Å²) >= 11 is 0. The molecule has 0 bridgehead atoms. The van der Waals surface area contributed by atoms with E-state index in [9.17, 15) is 17.2 Å². The van der Waals surface area contributed by atoms with Gasteiger partial charge >= 0.3 is 6.61 Å². The largest absolute Gasteiger partial charge is 0.493 e. The van der Waals surface area contributed by atoms with Crippen LogP contribution in [-0.4, -0.2) is 33.5 Å². The van der Waals surface area contributed by atoms with Gasteiger partial charge < -0.3 is 9.47 Å². The van der Waals surface area contributed by atoms with Crippen LogP contribution >= 0.6 is 0 Å². The molecule has 0 aromatic heterocycles. The molecule has 2 aromatic carbocycles. The lowest BCUT2D eigenvalue weighted by Crippen LogP contribution is -2.27. The third-order valence-electron chi connectivity index (χ3n) is 3.55. The second kappa shape index (κ2) is 8.12. The molecular formula is C17H16F2N2O4S. The second-order valence-electron chi connectivity index (χ2n) is 5.23. The molecule has 26 heavy (non-hydrogen) atoms. The number of hydrogen-bond donors (Lipinski definition) is 0. The van der Waals surface area contributed by atoms with E-state index in [1.165, 1.54) is 50.6 Å². The Kier molecular flexibility index (Phi) is 6.13. The van der Waals surface area contributed by atoms with E-state index in [1.54, 1.807) is 6.07 Å². The van der Waals surface area contributed by atoms with Crippen LogP contribution in [0.2, 0.25) is 0 Å². The highest BCUT2D eigenvalue weighted by atomic mass is 32.2. The molecule has 0 unspecified atom stereocenters. The number of alkyl halides is 2. The van der Waals surface area contributed by atoms with Crippen LogP contribution in [0.4, 0.5) is 8.78 Å². The minimum absolute atomic E-state index is 0.0395. The summed E-state index contributed by atoms with van der Waals surface area (Å²) in [5, 5.41) is 9.10. The van der Waals surface area contributed by atoms with Gasteiger partial charge in [0.1, 0.15) is 6.07 Å². The number of ether oxygens (including phenoxy) is 2. The molecule has 2 rings (SSSR count). The first kappa shape index (κ1) is 19.6. The van der Waals surface area contributed by atoms with Crippen molar-refractivity contribution in [1.82, 2.24) is 4.31 Å². The van der Waals surface area contributed by atoms with Gasteiger partial charge in [-0.3, -0.25) is 0 Å². The fourth-order valence-electron chi connectivity index (χ4n) is 2.30. The van der Waals surface area contributed by atoms with Crippen LogP contribution in [-0.2, 0) is 16.6 Å². The van der Waals surface area contributed by atoms with Gasteiger partial charge in [0.25, 0.3) is 0 Å². The first-order chi connectivity index (χ1) is 12.3. The summed E-state index contributed by atoms with van der Waals surface area (Å²) in [5.74, 6) is -0.0855. The molecule has 138 valence electrons. The van der Waals surface area contributed by atoms with Gasteiger partial charge in [-0.1, -0.05) is 18.2 Å². The maximum Gasteiger partial charge on any atom is 0.387 e. The molecule has 0 amide bonds. The van der Waals surface area contributed by atoms with Crippen molar-refractivity contribution in [1.29, 1.82) is 5.26 Å². The highest BCUT2D eigenvalue weighted by Crippen LogP contribution is 2.30. The van der Waals surface area contributed by atoms with Crippen molar-refractivity contribution < 1.29 is 26.7 Å². The van der Waals surface area contributed by atoms with E-state index in [1.807, 2.05) is 6.07 Å². The summed E-state index contributed by atoms with van der Waals surface area (Å²) < 4.78 is 60.6. The molecule has 9 heteroatoms. The third kappa shape index (κ3) is 4.28. The van der Waals surface area contributed by atoms with Crippen LogP contribution in [0.1, 0.15) is 11.1 Å². The Balaban J connectivity index is 2.29. The molecule has 6 nitrogen and oxygen atoms in total. The predicted octanol–water partition coefficient (Wildman–Crippen LogP) is 2.99. The Morgan fingerprint density at radius 2 is 1.88 bits per heavy atom. The van der Waals surface area contributed by atoms with Crippen molar-refractivity contribution in [2.45, 2.75) is 18.1 Å². The number of methoxy groups -OCH3 is 1. The van der Waals surface area contributed by atoms with Crippen molar-refractivity contribution in [3.8, 4) is 17.6 Å².